The third kappa shape index (κ3) is 2.45. The van der Waals surface area contributed by atoms with Crippen molar-refractivity contribution >= 4 is 5.82 Å². The molecule has 0 N–H and O–H groups in total. The van der Waals surface area contributed by atoms with E-state index < -0.39 is 0 Å². The van der Waals surface area contributed by atoms with Crippen LogP contribution in [-0.2, 0) is 0 Å². The number of aromatic nitrogens is 1. The third-order valence-corrected chi connectivity index (χ3v) is 1.90. The summed E-state index contributed by atoms with van der Waals surface area (Å²) in [6.07, 6.45) is 2.30. The number of rotatable bonds is 3. The molecule has 1 aromatic rings. The first-order valence-corrected chi connectivity index (χ1v) is 4.25. The fourth-order valence-corrected chi connectivity index (χ4v) is 1.20. The molecule has 0 bridgehead atoms. The predicted molar refractivity (Wildman–Crippen MR) is 52.5 cm³/mol. The van der Waals surface area contributed by atoms with Gasteiger partial charge >= 0.3 is 0 Å². The standard InChI is InChI=1S/C10H13N3/c1-9-5-3-7-12-10(9)13(2)8-4-6-11/h3,5,7H,4,8H2,1-2H3. The number of hydrogen-bond donors (Lipinski definition) is 0. The van der Waals surface area contributed by atoms with Crippen LogP contribution in [0.25, 0.3) is 0 Å². The number of nitrogens with zero attached hydrogens (tertiary/aromatic N) is 3. The lowest BCUT2D eigenvalue weighted by Crippen LogP contribution is -2.20. The quantitative estimate of drug-likeness (QED) is 0.702. The molecule has 13 heavy (non-hydrogen) atoms. The fraction of sp³-hybridized carbons (Fsp3) is 0.400. The van der Waals surface area contributed by atoms with Crippen molar-refractivity contribution in [3.63, 3.8) is 0 Å². The molecular formula is C10H13N3. The molecule has 0 saturated heterocycles. The Balaban J connectivity index is 2.72. The molecule has 3 nitrogen and oxygen atoms in total. The predicted octanol–water partition coefficient (Wildman–Crippen LogP) is 1.74. The van der Waals surface area contributed by atoms with E-state index in [0.29, 0.717) is 6.42 Å². The summed E-state index contributed by atoms with van der Waals surface area (Å²) in [5.74, 6) is 0.956. The Morgan fingerprint density at radius 3 is 3.00 bits per heavy atom. The molecule has 0 unspecified atom stereocenters. The van der Waals surface area contributed by atoms with E-state index in [1.165, 1.54) is 0 Å². The Labute approximate surface area is 78.6 Å². The van der Waals surface area contributed by atoms with Gasteiger partial charge in [-0.05, 0) is 18.6 Å². The zero-order valence-corrected chi connectivity index (χ0v) is 7.99. The minimum absolute atomic E-state index is 0.534. The first-order chi connectivity index (χ1) is 6.25. The normalized spacial score (nSPS) is 9.31. The molecule has 0 aliphatic carbocycles. The largest absolute Gasteiger partial charge is 0.358 e. The highest BCUT2D eigenvalue weighted by atomic mass is 15.2. The summed E-state index contributed by atoms with van der Waals surface area (Å²) in [6, 6.07) is 6.05. The second-order valence-electron chi connectivity index (χ2n) is 2.97. The molecule has 68 valence electrons. The minimum Gasteiger partial charge on any atom is -0.358 e. The maximum Gasteiger partial charge on any atom is 0.131 e. The van der Waals surface area contributed by atoms with Gasteiger partial charge in [0.05, 0.1) is 12.5 Å². The van der Waals surface area contributed by atoms with Crippen LogP contribution < -0.4 is 4.90 Å². The van der Waals surface area contributed by atoms with Crippen molar-refractivity contribution < 1.29 is 0 Å². The highest BCUT2D eigenvalue weighted by Gasteiger charge is 2.03. The second kappa shape index (κ2) is 4.46. The molecule has 0 fully saturated rings. The number of pyridine rings is 1. The van der Waals surface area contributed by atoms with E-state index >= 15 is 0 Å². The lowest BCUT2D eigenvalue weighted by molar-refractivity contribution is 0.879. The van der Waals surface area contributed by atoms with Crippen molar-refractivity contribution in [1.82, 2.24) is 4.98 Å². The van der Waals surface area contributed by atoms with Crippen LogP contribution in [0.5, 0.6) is 0 Å². The van der Waals surface area contributed by atoms with Crippen LogP contribution in [0.4, 0.5) is 5.82 Å². The molecule has 0 aliphatic rings. The van der Waals surface area contributed by atoms with Gasteiger partial charge in [-0.3, -0.25) is 0 Å². The molecule has 0 aromatic carbocycles. The Morgan fingerprint density at radius 2 is 2.38 bits per heavy atom. The Hall–Kier alpha value is -1.56. The van der Waals surface area contributed by atoms with Crippen molar-refractivity contribution in [1.29, 1.82) is 5.26 Å². The summed E-state index contributed by atoms with van der Waals surface area (Å²) in [6.45, 7) is 2.75. The lowest BCUT2D eigenvalue weighted by atomic mass is 10.2. The molecular weight excluding hydrogens is 162 g/mol. The molecule has 3 heteroatoms. The number of hydrogen-bond acceptors (Lipinski definition) is 3. The molecule has 1 heterocycles. The van der Waals surface area contributed by atoms with Gasteiger partial charge in [-0.2, -0.15) is 5.26 Å². The van der Waals surface area contributed by atoms with E-state index in [-0.39, 0.29) is 0 Å². The Bertz CT molecular complexity index is 314. The van der Waals surface area contributed by atoms with Gasteiger partial charge in [0, 0.05) is 19.8 Å². The summed E-state index contributed by atoms with van der Waals surface area (Å²) in [4.78, 5) is 6.25. The van der Waals surface area contributed by atoms with Crippen LogP contribution in [0.15, 0.2) is 18.3 Å². The number of aryl methyl sites for hydroxylation is 1. The van der Waals surface area contributed by atoms with E-state index in [1.54, 1.807) is 6.20 Å². The number of nitriles is 1. The molecule has 0 saturated carbocycles. The van der Waals surface area contributed by atoms with Crippen LogP contribution in [-0.4, -0.2) is 18.6 Å². The zero-order chi connectivity index (χ0) is 9.68. The number of anilines is 1. The SMILES string of the molecule is Cc1cccnc1N(C)CCC#N. The fourth-order valence-electron chi connectivity index (χ4n) is 1.20. The van der Waals surface area contributed by atoms with E-state index in [2.05, 4.69) is 11.1 Å². The van der Waals surface area contributed by atoms with Gasteiger partial charge in [-0.1, -0.05) is 6.07 Å². The van der Waals surface area contributed by atoms with E-state index in [9.17, 15) is 0 Å². The highest BCUT2D eigenvalue weighted by Crippen LogP contribution is 2.13. The summed E-state index contributed by atoms with van der Waals surface area (Å²) in [7, 11) is 1.95. The van der Waals surface area contributed by atoms with Gasteiger partial charge in [0.25, 0.3) is 0 Å². The van der Waals surface area contributed by atoms with Crippen LogP contribution in [0.3, 0.4) is 0 Å². The van der Waals surface area contributed by atoms with Gasteiger partial charge in [0.2, 0.25) is 0 Å². The average Bonchev–Trinajstić information content (AvgIpc) is 2.15. The van der Waals surface area contributed by atoms with Crippen molar-refractivity contribution in [3.05, 3.63) is 23.9 Å². The van der Waals surface area contributed by atoms with Gasteiger partial charge in [-0.15, -0.1) is 0 Å². The molecule has 0 aliphatic heterocycles. The van der Waals surface area contributed by atoms with Crippen LogP contribution in [0, 0.1) is 18.3 Å². The van der Waals surface area contributed by atoms with Crippen molar-refractivity contribution in [2.45, 2.75) is 13.3 Å². The molecule has 0 spiro atoms. The van der Waals surface area contributed by atoms with Crippen molar-refractivity contribution in [3.8, 4) is 6.07 Å². The molecule has 0 radical (unpaired) electrons. The van der Waals surface area contributed by atoms with Gasteiger partial charge in [0.1, 0.15) is 5.82 Å². The summed E-state index contributed by atoms with van der Waals surface area (Å²) >= 11 is 0. The van der Waals surface area contributed by atoms with E-state index in [1.807, 2.05) is 31.0 Å². The van der Waals surface area contributed by atoms with E-state index in [4.69, 9.17) is 5.26 Å². The maximum absolute atomic E-state index is 8.43. The minimum atomic E-state index is 0.534. The lowest BCUT2D eigenvalue weighted by Gasteiger charge is -2.17. The Kier molecular flexibility index (Phi) is 3.27. The third-order valence-electron chi connectivity index (χ3n) is 1.90. The summed E-state index contributed by atoms with van der Waals surface area (Å²) in [5, 5.41) is 8.43. The summed E-state index contributed by atoms with van der Waals surface area (Å²) in [5.41, 5.74) is 1.14. The molecule has 0 atom stereocenters. The zero-order valence-electron chi connectivity index (χ0n) is 7.99. The van der Waals surface area contributed by atoms with E-state index in [0.717, 1.165) is 17.9 Å². The van der Waals surface area contributed by atoms with Gasteiger partial charge in [-0.25, -0.2) is 4.98 Å². The van der Waals surface area contributed by atoms with Crippen molar-refractivity contribution in [2.24, 2.45) is 0 Å². The van der Waals surface area contributed by atoms with Crippen molar-refractivity contribution in [2.75, 3.05) is 18.5 Å². The van der Waals surface area contributed by atoms with Crippen LogP contribution in [0.1, 0.15) is 12.0 Å². The smallest absolute Gasteiger partial charge is 0.131 e. The van der Waals surface area contributed by atoms with Crippen LogP contribution in [0.2, 0.25) is 0 Å². The first kappa shape index (κ1) is 9.53. The average molecular weight is 175 g/mol. The molecule has 0 amide bonds. The topological polar surface area (TPSA) is 39.9 Å². The van der Waals surface area contributed by atoms with Crippen LogP contribution >= 0.6 is 0 Å². The molecule has 1 rings (SSSR count). The highest BCUT2D eigenvalue weighted by molar-refractivity contribution is 5.44. The van der Waals surface area contributed by atoms with Gasteiger partial charge in [0.15, 0.2) is 0 Å². The van der Waals surface area contributed by atoms with Gasteiger partial charge < -0.3 is 4.90 Å². The summed E-state index contributed by atoms with van der Waals surface area (Å²) < 4.78 is 0. The monoisotopic (exact) mass is 175 g/mol. The molecule has 1 aromatic heterocycles. The second-order valence-corrected chi connectivity index (χ2v) is 2.97. The maximum atomic E-state index is 8.43. The Morgan fingerprint density at radius 1 is 1.62 bits per heavy atom. The first-order valence-electron chi connectivity index (χ1n) is 4.25.